The van der Waals surface area contributed by atoms with Crippen LogP contribution in [0.2, 0.25) is 0 Å². The Morgan fingerprint density at radius 3 is 2.71 bits per heavy atom. The highest BCUT2D eigenvalue weighted by molar-refractivity contribution is 7.89. The Balaban J connectivity index is 1.43. The first-order valence-electron chi connectivity index (χ1n) is 8.69. The number of ether oxygens (including phenoxy) is 1. The van der Waals surface area contributed by atoms with Gasteiger partial charge in [-0.3, -0.25) is 4.79 Å². The maximum atomic E-state index is 12.5. The molecule has 8 heteroatoms. The van der Waals surface area contributed by atoms with E-state index in [-0.39, 0.29) is 17.3 Å². The van der Waals surface area contributed by atoms with E-state index in [2.05, 4.69) is 10.0 Å². The van der Waals surface area contributed by atoms with Crippen molar-refractivity contribution in [1.82, 2.24) is 4.72 Å². The first-order valence-corrected chi connectivity index (χ1v) is 10.2. The standard InChI is InChI=1S/C20H18N2O5S/c23-20(19-11-14-5-1-2-9-18(14)27-19)22-15-6-3-8-17(12-15)28(24,25)21-13-16-7-4-10-26-16/h1-10,12,19,21H,11,13H2,(H,22,23). The summed E-state index contributed by atoms with van der Waals surface area (Å²) in [6.45, 7) is 0.0418. The summed E-state index contributed by atoms with van der Waals surface area (Å²) in [5.41, 5.74) is 1.35. The van der Waals surface area contributed by atoms with Gasteiger partial charge in [0, 0.05) is 12.1 Å². The Morgan fingerprint density at radius 1 is 1.07 bits per heavy atom. The van der Waals surface area contributed by atoms with Crippen LogP contribution in [0.3, 0.4) is 0 Å². The molecule has 2 heterocycles. The molecule has 7 nitrogen and oxygen atoms in total. The van der Waals surface area contributed by atoms with Gasteiger partial charge in [0.05, 0.1) is 17.7 Å². The number of nitrogens with one attached hydrogen (secondary N) is 2. The van der Waals surface area contributed by atoms with Gasteiger partial charge in [0.25, 0.3) is 5.91 Å². The first-order chi connectivity index (χ1) is 13.5. The highest BCUT2D eigenvalue weighted by Crippen LogP contribution is 2.28. The van der Waals surface area contributed by atoms with Gasteiger partial charge in [0.1, 0.15) is 11.5 Å². The summed E-state index contributed by atoms with van der Waals surface area (Å²) in [5, 5.41) is 2.73. The number of amides is 1. The van der Waals surface area contributed by atoms with Crippen molar-refractivity contribution < 1.29 is 22.4 Å². The van der Waals surface area contributed by atoms with Gasteiger partial charge in [0.2, 0.25) is 10.0 Å². The van der Waals surface area contributed by atoms with Gasteiger partial charge in [-0.1, -0.05) is 24.3 Å². The molecule has 2 aromatic carbocycles. The van der Waals surface area contributed by atoms with E-state index in [9.17, 15) is 13.2 Å². The molecule has 0 radical (unpaired) electrons. The molecule has 4 rings (SSSR count). The largest absolute Gasteiger partial charge is 0.480 e. The van der Waals surface area contributed by atoms with Crippen molar-refractivity contribution in [3.63, 3.8) is 0 Å². The van der Waals surface area contributed by atoms with Crippen molar-refractivity contribution in [2.24, 2.45) is 0 Å². The highest BCUT2D eigenvalue weighted by Gasteiger charge is 2.29. The molecule has 144 valence electrons. The first kappa shape index (κ1) is 18.3. The number of fused-ring (bicyclic) bond motifs is 1. The van der Waals surface area contributed by atoms with Crippen LogP contribution in [0.15, 0.2) is 76.2 Å². The Labute approximate surface area is 162 Å². The molecule has 28 heavy (non-hydrogen) atoms. The second-order valence-corrected chi connectivity index (χ2v) is 8.11. The molecular weight excluding hydrogens is 380 g/mol. The van der Waals surface area contributed by atoms with E-state index < -0.39 is 16.1 Å². The number of sulfonamides is 1. The predicted molar refractivity (Wildman–Crippen MR) is 102 cm³/mol. The second-order valence-electron chi connectivity index (χ2n) is 6.34. The van der Waals surface area contributed by atoms with Crippen molar-refractivity contribution in [3.05, 3.63) is 78.3 Å². The Bertz CT molecular complexity index is 1070. The van der Waals surface area contributed by atoms with Gasteiger partial charge < -0.3 is 14.5 Å². The summed E-state index contributed by atoms with van der Waals surface area (Å²) in [4.78, 5) is 12.6. The number of rotatable bonds is 6. The zero-order valence-electron chi connectivity index (χ0n) is 14.8. The lowest BCUT2D eigenvalue weighted by molar-refractivity contribution is -0.122. The maximum absolute atomic E-state index is 12.5. The van der Waals surface area contributed by atoms with Crippen LogP contribution in [0.4, 0.5) is 5.69 Å². The molecule has 1 unspecified atom stereocenters. The van der Waals surface area contributed by atoms with Gasteiger partial charge in [-0.2, -0.15) is 0 Å². The lowest BCUT2D eigenvalue weighted by atomic mass is 10.1. The van der Waals surface area contributed by atoms with Crippen LogP contribution in [0.25, 0.3) is 0 Å². The second kappa shape index (κ2) is 7.49. The number of carbonyl (C=O) groups is 1. The summed E-state index contributed by atoms with van der Waals surface area (Å²) in [6.07, 6.45) is 1.31. The van der Waals surface area contributed by atoms with Gasteiger partial charge >= 0.3 is 0 Å². The third-order valence-corrected chi connectivity index (χ3v) is 5.77. The third-order valence-electron chi connectivity index (χ3n) is 4.37. The molecule has 0 spiro atoms. The monoisotopic (exact) mass is 398 g/mol. The minimum Gasteiger partial charge on any atom is -0.480 e. The summed E-state index contributed by atoms with van der Waals surface area (Å²) >= 11 is 0. The van der Waals surface area contributed by atoms with Gasteiger partial charge in [-0.05, 0) is 42.0 Å². The number of furan rings is 1. The zero-order valence-corrected chi connectivity index (χ0v) is 15.6. The normalized spacial score (nSPS) is 15.6. The predicted octanol–water partition coefficient (Wildman–Crippen LogP) is 2.70. The zero-order chi connectivity index (χ0) is 19.6. The van der Waals surface area contributed by atoms with Gasteiger partial charge in [0.15, 0.2) is 6.10 Å². The van der Waals surface area contributed by atoms with E-state index in [1.807, 2.05) is 24.3 Å². The van der Waals surface area contributed by atoms with E-state index in [1.54, 1.807) is 24.3 Å². The lowest BCUT2D eigenvalue weighted by Gasteiger charge is -2.12. The molecule has 0 fully saturated rings. The topological polar surface area (TPSA) is 97.6 Å². The van der Waals surface area contributed by atoms with Crippen LogP contribution in [-0.4, -0.2) is 20.4 Å². The molecule has 0 bridgehead atoms. The average molecular weight is 398 g/mol. The van der Waals surface area contributed by atoms with E-state index in [1.165, 1.54) is 18.4 Å². The highest BCUT2D eigenvalue weighted by atomic mass is 32.2. The summed E-state index contributed by atoms with van der Waals surface area (Å²) in [7, 11) is -3.75. The van der Waals surface area contributed by atoms with Crippen LogP contribution in [-0.2, 0) is 27.8 Å². The fourth-order valence-corrected chi connectivity index (χ4v) is 3.99. The smallest absolute Gasteiger partial charge is 0.265 e. The fourth-order valence-electron chi connectivity index (χ4n) is 2.95. The molecule has 0 saturated carbocycles. The summed E-state index contributed by atoms with van der Waals surface area (Å²) in [6, 6.07) is 16.9. The number of hydrogen-bond acceptors (Lipinski definition) is 5. The Hall–Kier alpha value is -3.10. The summed E-state index contributed by atoms with van der Waals surface area (Å²) in [5.74, 6) is 0.876. The molecule has 0 aliphatic carbocycles. The molecular formula is C20H18N2O5S. The van der Waals surface area contributed by atoms with Crippen molar-refractivity contribution in [1.29, 1.82) is 0 Å². The minimum atomic E-state index is -3.75. The van der Waals surface area contributed by atoms with Crippen LogP contribution < -0.4 is 14.8 Å². The van der Waals surface area contributed by atoms with Crippen molar-refractivity contribution in [3.8, 4) is 5.75 Å². The Morgan fingerprint density at radius 2 is 1.93 bits per heavy atom. The molecule has 1 atom stereocenters. The number of para-hydroxylation sites is 1. The maximum Gasteiger partial charge on any atom is 0.265 e. The van der Waals surface area contributed by atoms with Crippen molar-refractivity contribution >= 4 is 21.6 Å². The molecule has 1 aromatic heterocycles. The molecule has 3 aromatic rings. The van der Waals surface area contributed by atoms with E-state index >= 15 is 0 Å². The van der Waals surface area contributed by atoms with Crippen LogP contribution >= 0.6 is 0 Å². The number of carbonyl (C=O) groups excluding carboxylic acids is 1. The van der Waals surface area contributed by atoms with Crippen LogP contribution in [0, 0.1) is 0 Å². The van der Waals surface area contributed by atoms with Crippen LogP contribution in [0.1, 0.15) is 11.3 Å². The van der Waals surface area contributed by atoms with Gasteiger partial charge in [-0.15, -0.1) is 0 Å². The molecule has 1 aliphatic rings. The van der Waals surface area contributed by atoms with Gasteiger partial charge in [-0.25, -0.2) is 13.1 Å². The van der Waals surface area contributed by atoms with E-state index in [0.29, 0.717) is 23.6 Å². The SMILES string of the molecule is O=C(Nc1cccc(S(=O)(=O)NCc2ccco2)c1)C1Cc2ccccc2O1. The number of anilines is 1. The van der Waals surface area contributed by atoms with E-state index in [0.717, 1.165) is 5.56 Å². The minimum absolute atomic E-state index is 0.0418. The third kappa shape index (κ3) is 3.92. The molecule has 1 aliphatic heterocycles. The molecule has 1 amide bonds. The average Bonchev–Trinajstić information content (AvgIpc) is 3.36. The summed E-state index contributed by atoms with van der Waals surface area (Å²) < 4.78 is 38.2. The quantitative estimate of drug-likeness (QED) is 0.665. The Kier molecular flexibility index (Phi) is 4.89. The molecule has 0 saturated heterocycles. The van der Waals surface area contributed by atoms with Crippen molar-refractivity contribution in [2.75, 3.05) is 5.32 Å². The fraction of sp³-hybridized carbons (Fsp3) is 0.150. The van der Waals surface area contributed by atoms with E-state index in [4.69, 9.17) is 9.15 Å². The molecule has 2 N–H and O–H groups in total. The lowest BCUT2D eigenvalue weighted by Crippen LogP contribution is -2.31. The number of hydrogen-bond donors (Lipinski definition) is 2. The van der Waals surface area contributed by atoms with Crippen molar-refractivity contribution in [2.45, 2.75) is 24.0 Å². The number of benzene rings is 2. The van der Waals surface area contributed by atoms with Crippen LogP contribution in [0.5, 0.6) is 5.75 Å².